The van der Waals surface area contributed by atoms with Crippen LogP contribution in [-0.2, 0) is 6.42 Å². The molecule has 0 N–H and O–H groups in total. The van der Waals surface area contributed by atoms with E-state index in [1.54, 1.807) is 24.5 Å². The van der Waals surface area contributed by atoms with Crippen molar-refractivity contribution >= 4 is 27.5 Å². The Balaban J connectivity index is 2.26. The Bertz CT molecular complexity index is 536. The van der Waals surface area contributed by atoms with Crippen LogP contribution in [0.4, 0.5) is 0 Å². The maximum absolute atomic E-state index is 5.87. The lowest BCUT2D eigenvalue weighted by molar-refractivity contribution is 0.456. The molecule has 0 radical (unpaired) electrons. The zero-order chi connectivity index (χ0) is 12.3. The molecule has 0 fully saturated rings. The number of hydrogen-bond acceptors (Lipinski definition) is 4. The number of ether oxygens (including phenoxy) is 1. The number of hydrogen-bond donors (Lipinski definition) is 0. The summed E-state index contributed by atoms with van der Waals surface area (Å²) in [5.74, 6) is 1.66. The van der Waals surface area contributed by atoms with Gasteiger partial charge < -0.3 is 4.74 Å². The zero-order valence-corrected chi connectivity index (χ0v) is 11.4. The van der Waals surface area contributed by atoms with E-state index in [2.05, 4.69) is 30.9 Å². The van der Waals surface area contributed by atoms with E-state index in [4.69, 9.17) is 16.3 Å². The molecule has 0 amide bonds. The van der Waals surface area contributed by atoms with E-state index in [1.807, 2.05) is 6.92 Å². The summed E-state index contributed by atoms with van der Waals surface area (Å²) < 4.78 is 6.39. The van der Waals surface area contributed by atoms with Gasteiger partial charge in [-0.25, -0.2) is 4.98 Å². The highest BCUT2D eigenvalue weighted by Gasteiger charge is 2.04. The molecular formula is C11H9BrClN3O. The maximum Gasteiger partial charge on any atom is 0.224 e. The van der Waals surface area contributed by atoms with E-state index < -0.39 is 0 Å². The normalized spacial score (nSPS) is 10.3. The fraction of sp³-hybridized carbons (Fsp3) is 0.182. The monoisotopic (exact) mass is 313 g/mol. The number of nitrogens with zero attached hydrogens (tertiary/aromatic N) is 3. The second-order valence-corrected chi connectivity index (χ2v) is 4.54. The molecule has 2 aromatic rings. The minimum absolute atomic E-state index is 0.370. The summed E-state index contributed by atoms with van der Waals surface area (Å²) in [5, 5.41) is 0.370. The molecule has 0 aliphatic carbocycles. The second kappa shape index (κ2) is 5.42. The average Bonchev–Trinajstić information content (AvgIpc) is 2.28. The Morgan fingerprint density at radius 2 is 2.12 bits per heavy atom. The molecule has 2 heterocycles. The van der Waals surface area contributed by atoms with Crippen LogP contribution in [0.3, 0.4) is 0 Å². The van der Waals surface area contributed by atoms with Crippen LogP contribution in [0.15, 0.2) is 29.0 Å². The minimum atomic E-state index is 0.370. The lowest BCUT2D eigenvalue weighted by Gasteiger charge is -2.06. The third-order valence-electron chi connectivity index (χ3n) is 1.94. The smallest absolute Gasteiger partial charge is 0.224 e. The Labute approximate surface area is 112 Å². The van der Waals surface area contributed by atoms with Gasteiger partial charge in [-0.05, 0) is 22.0 Å². The SMILES string of the molecule is CCc1nc(Cl)cc(Oc2cncc(Br)c2)n1. The predicted molar refractivity (Wildman–Crippen MR) is 68.4 cm³/mol. The summed E-state index contributed by atoms with van der Waals surface area (Å²) in [6.07, 6.45) is 3.98. The molecule has 0 saturated carbocycles. The zero-order valence-electron chi connectivity index (χ0n) is 9.02. The first-order valence-electron chi connectivity index (χ1n) is 4.99. The van der Waals surface area contributed by atoms with Gasteiger partial charge in [0, 0.05) is 23.2 Å². The van der Waals surface area contributed by atoms with Gasteiger partial charge in [-0.1, -0.05) is 18.5 Å². The first kappa shape index (κ1) is 12.3. The third-order valence-corrected chi connectivity index (χ3v) is 2.56. The maximum atomic E-state index is 5.87. The highest BCUT2D eigenvalue weighted by molar-refractivity contribution is 9.10. The number of pyridine rings is 1. The van der Waals surface area contributed by atoms with Gasteiger partial charge in [0.2, 0.25) is 5.88 Å². The van der Waals surface area contributed by atoms with Crippen molar-refractivity contribution in [2.75, 3.05) is 0 Å². The Hall–Kier alpha value is -1.20. The summed E-state index contributed by atoms with van der Waals surface area (Å²) in [5.41, 5.74) is 0. The molecule has 88 valence electrons. The molecule has 17 heavy (non-hydrogen) atoms. The van der Waals surface area contributed by atoms with Crippen LogP contribution in [-0.4, -0.2) is 15.0 Å². The molecule has 6 heteroatoms. The standard InChI is InChI=1S/C11H9BrClN3O/c1-2-10-15-9(13)4-11(16-10)17-8-3-7(12)5-14-6-8/h3-6H,2H2,1H3. The minimum Gasteiger partial charge on any atom is -0.437 e. The van der Waals surface area contributed by atoms with E-state index in [-0.39, 0.29) is 0 Å². The average molecular weight is 315 g/mol. The van der Waals surface area contributed by atoms with E-state index >= 15 is 0 Å². The molecule has 0 spiro atoms. The van der Waals surface area contributed by atoms with Crippen LogP contribution in [0.1, 0.15) is 12.7 Å². The summed E-state index contributed by atoms with van der Waals surface area (Å²) in [6, 6.07) is 3.37. The largest absolute Gasteiger partial charge is 0.437 e. The Morgan fingerprint density at radius 1 is 1.29 bits per heavy atom. The summed E-state index contributed by atoms with van der Waals surface area (Å²) in [4.78, 5) is 12.3. The molecule has 0 saturated heterocycles. The molecule has 0 aromatic carbocycles. The van der Waals surface area contributed by atoms with Crippen LogP contribution in [0.25, 0.3) is 0 Å². The van der Waals surface area contributed by atoms with Gasteiger partial charge in [-0.3, -0.25) is 4.98 Å². The number of aromatic nitrogens is 3. The number of rotatable bonds is 3. The Morgan fingerprint density at radius 3 is 2.82 bits per heavy atom. The number of halogens is 2. The molecule has 2 aromatic heterocycles. The van der Waals surface area contributed by atoms with Crippen molar-refractivity contribution in [2.45, 2.75) is 13.3 Å². The highest BCUT2D eigenvalue weighted by atomic mass is 79.9. The van der Waals surface area contributed by atoms with Gasteiger partial charge in [0.05, 0.1) is 6.20 Å². The van der Waals surface area contributed by atoms with E-state index in [1.165, 1.54) is 0 Å². The van der Waals surface area contributed by atoms with Crippen LogP contribution in [0.5, 0.6) is 11.6 Å². The van der Waals surface area contributed by atoms with Crippen molar-refractivity contribution < 1.29 is 4.74 Å². The molecular weight excluding hydrogens is 305 g/mol. The van der Waals surface area contributed by atoms with Gasteiger partial charge in [0.15, 0.2) is 0 Å². The van der Waals surface area contributed by atoms with Crippen molar-refractivity contribution in [2.24, 2.45) is 0 Å². The first-order chi connectivity index (χ1) is 8.17. The molecule has 0 unspecified atom stereocenters. The molecule has 4 nitrogen and oxygen atoms in total. The lowest BCUT2D eigenvalue weighted by Crippen LogP contribution is -1.96. The third kappa shape index (κ3) is 3.38. The molecule has 2 rings (SSSR count). The highest BCUT2D eigenvalue weighted by Crippen LogP contribution is 2.23. The molecule has 0 aliphatic rings. The van der Waals surface area contributed by atoms with Gasteiger partial charge in [-0.15, -0.1) is 0 Å². The van der Waals surface area contributed by atoms with E-state index in [0.717, 1.165) is 4.47 Å². The second-order valence-electron chi connectivity index (χ2n) is 3.24. The fourth-order valence-corrected chi connectivity index (χ4v) is 1.76. The van der Waals surface area contributed by atoms with E-state index in [0.29, 0.717) is 29.0 Å². The van der Waals surface area contributed by atoms with E-state index in [9.17, 15) is 0 Å². The molecule has 0 bridgehead atoms. The van der Waals surface area contributed by atoms with Crippen LogP contribution in [0, 0.1) is 0 Å². The fourth-order valence-electron chi connectivity index (χ4n) is 1.22. The van der Waals surface area contributed by atoms with Crippen molar-refractivity contribution in [1.29, 1.82) is 0 Å². The summed E-state index contributed by atoms with van der Waals surface area (Å²) >= 11 is 9.19. The lowest BCUT2D eigenvalue weighted by atomic mass is 10.4. The van der Waals surface area contributed by atoms with Crippen LogP contribution < -0.4 is 4.74 Å². The summed E-state index contributed by atoms with van der Waals surface area (Å²) in [6.45, 7) is 1.95. The topological polar surface area (TPSA) is 47.9 Å². The quantitative estimate of drug-likeness (QED) is 0.812. The van der Waals surface area contributed by atoms with Crippen molar-refractivity contribution in [3.05, 3.63) is 40.0 Å². The first-order valence-corrected chi connectivity index (χ1v) is 6.16. The van der Waals surface area contributed by atoms with Gasteiger partial charge in [-0.2, -0.15) is 4.98 Å². The van der Waals surface area contributed by atoms with Gasteiger partial charge >= 0.3 is 0 Å². The molecule has 0 atom stereocenters. The molecule has 0 aliphatic heterocycles. The number of aryl methyl sites for hydroxylation is 1. The van der Waals surface area contributed by atoms with Gasteiger partial charge in [0.1, 0.15) is 16.7 Å². The van der Waals surface area contributed by atoms with Crippen molar-refractivity contribution in [1.82, 2.24) is 15.0 Å². The van der Waals surface area contributed by atoms with Crippen LogP contribution >= 0.6 is 27.5 Å². The Kier molecular flexibility index (Phi) is 3.91. The predicted octanol–water partition coefficient (Wildman–Crippen LogP) is 3.64. The van der Waals surface area contributed by atoms with Crippen LogP contribution in [0.2, 0.25) is 5.15 Å². The van der Waals surface area contributed by atoms with Crippen molar-refractivity contribution in [3.8, 4) is 11.6 Å². The van der Waals surface area contributed by atoms with Gasteiger partial charge in [0.25, 0.3) is 0 Å². The summed E-state index contributed by atoms with van der Waals surface area (Å²) in [7, 11) is 0. The van der Waals surface area contributed by atoms with Crippen molar-refractivity contribution in [3.63, 3.8) is 0 Å².